The molecule has 1 aromatic rings. The molecule has 0 radical (unpaired) electrons. The Morgan fingerprint density at radius 2 is 2.19 bits per heavy atom. The lowest BCUT2D eigenvalue weighted by atomic mass is 10.2. The summed E-state index contributed by atoms with van der Waals surface area (Å²) in [6.07, 6.45) is 3.44. The summed E-state index contributed by atoms with van der Waals surface area (Å²) in [7, 11) is -2.93. The van der Waals surface area contributed by atoms with Gasteiger partial charge < -0.3 is 5.32 Å². The van der Waals surface area contributed by atoms with Crippen molar-refractivity contribution >= 4 is 15.7 Å². The Bertz CT molecular complexity index is 535. The fourth-order valence-electron chi connectivity index (χ4n) is 1.63. The van der Waals surface area contributed by atoms with Crippen LogP contribution in [0.2, 0.25) is 0 Å². The Kier molecular flexibility index (Phi) is 2.75. The van der Waals surface area contributed by atoms with Crippen LogP contribution in [0.3, 0.4) is 0 Å². The molecule has 1 saturated heterocycles. The second-order valence-corrected chi connectivity index (χ2v) is 5.84. The van der Waals surface area contributed by atoms with Gasteiger partial charge in [-0.2, -0.15) is 5.26 Å². The number of hydrogen-bond acceptors (Lipinski definition) is 6. The quantitative estimate of drug-likeness (QED) is 0.775. The van der Waals surface area contributed by atoms with E-state index < -0.39 is 9.84 Å². The summed E-state index contributed by atoms with van der Waals surface area (Å²) in [6, 6.07) is 1.73. The number of rotatable bonds is 2. The number of aromatic nitrogens is 2. The van der Waals surface area contributed by atoms with Gasteiger partial charge in [-0.05, 0) is 6.42 Å². The average molecular weight is 238 g/mol. The first kappa shape index (κ1) is 10.8. The summed E-state index contributed by atoms with van der Waals surface area (Å²) in [6.45, 7) is 0. The molecule has 1 fully saturated rings. The molecule has 6 nitrogen and oxygen atoms in total. The Morgan fingerprint density at radius 1 is 1.44 bits per heavy atom. The van der Waals surface area contributed by atoms with Crippen molar-refractivity contribution in [2.45, 2.75) is 12.5 Å². The Morgan fingerprint density at radius 3 is 2.81 bits per heavy atom. The molecule has 1 aliphatic rings. The molecule has 0 bridgehead atoms. The number of sulfone groups is 1. The first-order chi connectivity index (χ1) is 7.61. The van der Waals surface area contributed by atoms with Gasteiger partial charge in [0.25, 0.3) is 0 Å². The zero-order valence-corrected chi connectivity index (χ0v) is 9.24. The van der Waals surface area contributed by atoms with Gasteiger partial charge in [-0.15, -0.1) is 0 Å². The highest BCUT2D eigenvalue weighted by atomic mass is 32.2. The van der Waals surface area contributed by atoms with E-state index in [1.165, 1.54) is 12.4 Å². The van der Waals surface area contributed by atoms with Crippen LogP contribution in [-0.2, 0) is 9.84 Å². The van der Waals surface area contributed by atoms with Crippen LogP contribution in [0, 0.1) is 11.3 Å². The average Bonchev–Trinajstić information content (AvgIpc) is 2.59. The minimum absolute atomic E-state index is 0.0917. The molecular weight excluding hydrogens is 228 g/mol. The monoisotopic (exact) mass is 238 g/mol. The first-order valence-corrected chi connectivity index (χ1v) is 6.61. The molecule has 0 amide bonds. The van der Waals surface area contributed by atoms with Gasteiger partial charge in [0.2, 0.25) is 0 Å². The van der Waals surface area contributed by atoms with E-state index >= 15 is 0 Å². The minimum atomic E-state index is -2.93. The molecule has 1 aliphatic heterocycles. The summed E-state index contributed by atoms with van der Waals surface area (Å²) < 4.78 is 22.5. The topological polar surface area (TPSA) is 95.7 Å². The van der Waals surface area contributed by atoms with Crippen LogP contribution in [0.5, 0.6) is 0 Å². The van der Waals surface area contributed by atoms with Gasteiger partial charge in [-0.25, -0.2) is 18.4 Å². The molecule has 0 saturated carbocycles. The molecule has 0 aromatic carbocycles. The SMILES string of the molecule is N#Cc1nccnc1NC1CCS(=O)(=O)C1. The van der Waals surface area contributed by atoms with Crippen molar-refractivity contribution in [3.63, 3.8) is 0 Å². The molecule has 2 rings (SSSR count). The summed E-state index contributed by atoms with van der Waals surface area (Å²) in [5.74, 6) is 0.633. The van der Waals surface area contributed by atoms with E-state index in [-0.39, 0.29) is 23.2 Å². The lowest BCUT2D eigenvalue weighted by Gasteiger charge is -2.11. The van der Waals surface area contributed by atoms with Crippen molar-refractivity contribution in [3.05, 3.63) is 18.1 Å². The van der Waals surface area contributed by atoms with Crippen LogP contribution >= 0.6 is 0 Å². The summed E-state index contributed by atoms with van der Waals surface area (Å²) >= 11 is 0. The smallest absolute Gasteiger partial charge is 0.182 e. The fourth-order valence-corrected chi connectivity index (χ4v) is 3.30. The lowest BCUT2D eigenvalue weighted by Crippen LogP contribution is -2.22. The van der Waals surface area contributed by atoms with Crippen molar-refractivity contribution in [1.82, 2.24) is 9.97 Å². The van der Waals surface area contributed by atoms with Crippen LogP contribution in [0.25, 0.3) is 0 Å². The molecule has 1 unspecified atom stereocenters. The number of hydrogen-bond donors (Lipinski definition) is 1. The van der Waals surface area contributed by atoms with E-state index in [9.17, 15) is 8.42 Å². The molecule has 0 spiro atoms. The van der Waals surface area contributed by atoms with Gasteiger partial charge in [0.1, 0.15) is 6.07 Å². The molecule has 1 aromatic heterocycles. The normalized spacial score (nSPS) is 22.6. The highest BCUT2D eigenvalue weighted by Crippen LogP contribution is 2.17. The number of nitrogens with one attached hydrogen (secondary N) is 1. The van der Waals surface area contributed by atoms with E-state index in [4.69, 9.17) is 5.26 Å². The van der Waals surface area contributed by atoms with E-state index in [1.807, 2.05) is 6.07 Å². The zero-order chi connectivity index (χ0) is 11.6. The maximum Gasteiger partial charge on any atom is 0.182 e. The van der Waals surface area contributed by atoms with Crippen molar-refractivity contribution < 1.29 is 8.42 Å². The van der Waals surface area contributed by atoms with Crippen LogP contribution in [0.15, 0.2) is 12.4 Å². The van der Waals surface area contributed by atoms with E-state index in [0.717, 1.165) is 0 Å². The third-order valence-electron chi connectivity index (χ3n) is 2.38. The van der Waals surface area contributed by atoms with Crippen molar-refractivity contribution in [1.29, 1.82) is 5.26 Å². The predicted octanol–water partition coefficient (Wildman–Crippen LogP) is -0.0527. The number of nitrogens with zero attached hydrogens (tertiary/aromatic N) is 3. The fraction of sp³-hybridized carbons (Fsp3) is 0.444. The van der Waals surface area contributed by atoms with Crippen LogP contribution < -0.4 is 5.32 Å². The van der Waals surface area contributed by atoms with Gasteiger partial charge in [0.05, 0.1) is 11.5 Å². The standard InChI is InChI=1S/C9H10N4O2S/c10-5-8-9(12-3-2-11-8)13-7-1-4-16(14,15)6-7/h2-3,7H,1,4,6H2,(H,12,13). The molecule has 1 N–H and O–H groups in total. The maximum absolute atomic E-state index is 11.2. The van der Waals surface area contributed by atoms with E-state index in [2.05, 4.69) is 15.3 Å². The van der Waals surface area contributed by atoms with Crippen molar-refractivity contribution in [2.75, 3.05) is 16.8 Å². The number of anilines is 1. The van der Waals surface area contributed by atoms with Gasteiger partial charge in [-0.1, -0.05) is 0 Å². The van der Waals surface area contributed by atoms with Crippen LogP contribution in [0.4, 0.5) is 5.82 Å². The molecule has 0 aliphatic carbocycles. The second kappa shape index (κ2) is 4.06. The molecule has 1 atom stereocenters. The van der Waals surface area contributed by atoms with Gasteiger partial charge in [0, 0.05) is 18.4 Å². The Hall–Kier alpha value is -1.68. The van der Waals surface area contributed by atoms with E-state index in [0.29, 0.717) is 12.2 Å². The first-order valence-electron chi connectivity index (χ1n) is 4.79. The molecule has 2 heterocycles. The van der Waals surface area contributed by atoms with Gasteiger partial charge in [-0.3, -0.25) is 0 Å². The molecule has 84 valence electrons. The lowest BCUT2D eigenvalue weighted by molar-refractivity contribution is 0.602. The summed E-state index contributed by atoms with van der Waals surface area (Å²) in [4.78, 5) is 7.81. The third-order valence-corrected chi connectivity index (χ3v) is 4.15. The Labute approximate surface area is 93.3 Å². The number of nitriles is 1. The van der Waals surface area contributed by atoms with Gasteiger partial charge in [0.15, 0.2) is 21.3 Å². The predicted molar refractivity (Wildman–Crippen MR) is 57.4 cm³/mol. The molecule has 7 heteroatoms. The van der Waals surface area contributed by atoms with Crippen molar-refractivity contribution in [3.8, 4) is 6.07 Å². The zero-order valence-electron chi connectivity index (χ0n) is 8.42. The summed E-state index contributed by atoms with van der Waals surface area (Å²) in [5, 5.41) is 11.7. The van der Waals surface area contributed by atoms with Crippen molar-refractivity contribution in [2.24, 2.45) is 0 Å². The minimum Gasteiger partial charge on any atom is -0.364 e. The van der Waals surface area contributed by atoms with Gasteiger partial charge >= 0.3 is 0 Å². The largest absolute Gasteiger partial charge is 0.364 e. The Balaban J connectivity index is 2.14. The third kappa shape index (κ3) is 2.28. The van der Waals surface area contributed by atoms with Crippen LogP contribution in [0.1, 0.15) is 12.1 Å². The second-order valence-electron chi connectivity index (χ2n) is 3.61. The van der Waals surface area contributed by atoms with Crippen LogP contribution in [-0.4, -0.2) is 35.9 Å². The molecular formula is C9H10N4O2S. The highest BCUT2D eigenvalue weighted by Gasteiger charge is 2.28. The summed E-state index contributed by atoms with van der Waals surface area (Å²) in [5.41, 5.74) is 0.187. The van der Waals surface area contributed by atoms with E-state index in [1.54, 1.807) is 0 Å². The highest BCUT2D eigenvalue weighted by molar-refractivity contribution is 7.91. The molecule has 16 heavy (non-hydrogen) atoms. The maximum atomic E-state index is 11.2.